The number of benzene rings is 3. The molecule has 41 heavy (non-hydrogen) atoms. The van der Waals surface area contributed by atoms with Crippen LogP contribution in [0.2, 0.25) is 5.02 Å². The Morgan fingerprint density at radius 2 is 1.56 bits per heavy atom. The van der Waals surface area contributed by atoms with Gasteiger partial charge in [0, 0.05) is 18.2 Å². The third-order valence-electron chi connectivity index (χ3n) is 6.34. The van der Waals surface area contributed by atoms with E-state index >= 15 is 0 Å². The summed E-state index contributed by atoms with van der Waals surface area (Å²) in [4.78, 5) is 17.8. The summed E-state index contributed by atoms with van der Waals surface area (Å²) < 4.78 is 101. The minimum absolute atomic E-state index is 0.0375. The first-order chi connectivity index (χ1) is 19.2. The summed E-state index contributed by atoms with van der Waals surface area (Å²) in [5.41, 5.74) is -4.79. The van der Waals surface area contributed by atoms with E-state index in [0.717, 1.165) is 25.3 Å². The molecule has 0 fully saturated rings. The number of hydrogen-bond donors (Lipinski definition) is 1. The summed E-state index contributed by atoms with van der Waals surface area (Å²) in [7, 11) is 1.07. The quantitative estimate of drug-likeness (QED) is 0.221. The van der Waals surface area contributed by atoms with Gasteiger partial charge in [0.1, 0.15) is 17.1 Å². The lowest BCUT2D eigenvalue weighted by molar-refractivity contribution is -0.140. The van der Waals surface area contributed by atoms with Crippen molar-refractivity contribution >= 4 is 17.5 Å². The van der Waals surface area contributed by atoms with Crippen molar-refractivity contribution in [2.75, 3.05) is 7.11 Å². The van der Waals surface area contributed by atoms with E-state index in [1.807, 2.05) is 0 Å². The third kappa shape index (κ3) is 6.45. The molecule has 1 atom stereocenters. The van der Waals surface area contributed by atoms with E-state index in [4.69, 9.17) is 16.3 Å². The maximum Gasteiger partial charge on any atom is 0.419 e. The van der Waals surface area contributed by atoms with E-state index in [9.17, 15) is 35.5 Å². The van der Waals surface area contributed by atoms with Crippen LogP contribution in [0, 0.1) is 5.82 Å². The molecule has 4 aromatic rings. The van der Waals surface area contributed by atoms with Gasteiger partial charge in [-0.05, 0) is 53.6 Å². The molecule has 0 radical (unpaired) electrons. The molecule has 0 aliphatic carbocycles. The average Bonchev–Trinajstić information content (AvgIpc) is 2.92. The van der Waals surface area contributed by atoms with Gasteiger partial charge in [-0.3, -0.25) is 9.78 Å². The minimum atomic E-state index is -5.10. The predicted molar refractivity (Wildman–Crippen MR) is 137 cm³/mol. The van der Waals surface area contributed by atoms with Crippen molar-refractivity contribution in [3.63, 3.8) is 0 Å². The van der Waals surface area contributed by atoms with Crippen LogP contribution in [-0.2, 0) is 24.3 Å². The van der Waals surface area contributed by atoms with Crippen LogP contribution in [0.1, 0.15) is 38.3 Å². The molecule has 1 N–H and O–H groups in total. The van der Waals surface area contributed by atoms with E-state index < -0.39 is 52.1 Å². The summed E-state index contributed by atoms with van der Waals surface area (Å²) in [6, 6.07) is 16.0. The zero-order chi connectivity index (χ0) is 30.0. The van der Waals surface area contributed by atoms with Crippen LogP contribution in [-0.4, -0.2) is 18.0 Å². The van der Waals surface area contributed by atoms with Crippen molar-refractivity contribution in [3.05, 3.63) is 129 Å². The van der Waals surface area contributed by atoms with Gasteiger partial charge < -0.3 is 10.1 Å². The molecule has 4 nitrogen and oxygen atoms in total. The zero-order valence-electron chi connectivity index (χ0n) is 21.1. The molecule has 3 aromatic carbocycles. The van der Waals surface area contributed by atoms with E-state index in [0.29, 0.717) is 17.7 Å². The highest BCUT2D eigenvalue weighted by atomic mass is 35.5. The van der Waals surface area contributed by atoms with Gasteiger partial charge in [0.15, 0.2) is 0 Å². The first-order valence-corrected chi connectivity index (χ1v) is 12.2. The highest BCUT2D eigenvalue weighted by Gasteiger charge is 2.42. The number of nitrogens with one attached hydrogen (secondary N) is 1. The van der Waals surface area contributed by atoms with Crippen LogP contribution in [0.3, 0.4) is 0 Å². The molecule has 214 valence electrons. The SMILES string of the molecule is COc1ccc([C@](Cc2ccccc2)(NC(=O)c2ccc(F)c(C(F)(F)F)c2)c2ccc(Cl)cn2)cc1C(F)(F)F. The second kappa shape index (κ2) is 11.4. The second-order valence-electron chi connectivity index (χ2n) is 8.99. The summed E-state index contributed by atoms with van der Waals surface area (Å²) in [6.07, 6.45) is -8.92. The number of pyridine rings is 1. The van der Waals surface area contributed by atoms with E-state index in [1.54, 1.807) is 30.3 Å². The number of alkyl halides is 6. The monoisotopic (exact) mass is 596 g/mol. The lowest BCUT2D eigenvalue weighted by atomic mass is 9.79. The van der Waals surface area contributed by atoms with Crippen LogP contribution in [0.15, 0.2) is 85.1 Å². The Hall–Kier alpha value is -4.12. The van der Waals surface area contributed by atoms with Crippen LogP contribution >= 0.6 is 11.6 Å². The summed E-state index contributed by atoms with van der Waals surface area (Å²) in [5.74, 6) is -3.19. The normalized spacial score (nSPS) is 13.4. The van der Waals surface area contributed by atoms with Gasteiger partial charge >= 0.3 is 12.4 Å². The van der Waals surface area contributed by atoms with Crippen LogP contribution in [0.4, 0.5) is 30.7 Å². The lowest BCUT2D eigenvalue weighted by Crippen LogP contribution is -2.49. The van der Waals surface area contributed by atoms with Crippen LogP contribution in [0.5, 0.6) is 5.75 Å². The fraction of sp³-hybridized carbons (Fsp3) is 0.172. The maximum absolute atomic E-state index is 14.1. The first kappa shape index (κ1) is 29.9. The van der Waals surface area contributed by atoms with E-state index in [2.05, 4.69) is 10.3 Å². The molecule has 1 heterocycles. The van der Waals surface area contributed by atoms with Crippen molar-refractivity contribution in [2.45, 2.75) is 24.3 Å². The molecule has 0 saturated heterocycles. The van der Waals surface area contributed by atoms with Gasteiger partial charge in [-0.1, -0.05) is 48.0 Å². The Labute approximate surface area is 234 Å². The number of amides is 1. The van der Waals surface area contributed by atoms with Gasteiger partial charge in [0.25, 0.3) is 5.91 Å². The summed E-state index contributed by atoms with van der Waals surface area (Å²) >= 11 is 6.01. The van der Waals surface area contributed by atoms with Crippen molar-refractivity contribution in [1.82, 2.24) is 10.3 Å². The van der Waals surface area contributed by atoms with E-state index in [-0.39, 0.29) is 22.7 Å². The van der Waals surface area contributed by atoms with Crippen LogP contribution in [0.25, 0.3) is 0 Å². The topological polar surface area (TPSA) is 51.2 Å². The standard InChI is InChI=1S/C29H20ClF7N2O2/c1-41-24-11-8-19(14-22(24)29(35,36)37)27(15-17-5-3-2-4-6-17,25-12-9-20(30)16-38-25)39-26(40)18-7-10-23(31)21(13-18)28(32,33)34/h2-14,16H,15H2,1H3,(H,39,40)/t27-/m0/s1. The largest absolute Gasteiger partial charge is 0.496 e. The number of hydrogen-bond acceptors (Lipinski definition) is 3. The average molecular weight is 597 g/mol. The Kier molecular flexibility index (Phi) is 8.30. The van der Waals surface area contributed by atoms with Gasteiger partial charge in [-0.2, -0.15) is 26.3 Å². The van der Waals surface area contributed by atoms with Crippen molar-refractivity contribution < 1.29 is 40.3 Å². The maximum atomic E-state index is 14.1. The number of ether oxygens (including phenoxy) is 1. The number of carbonyl (C=O) groups is 1. The smallest absolute Gasteiger partial charge is 0.419 e. The molecule has 1 aromatic heterocycles. The Morgan fingerprint density at radius 1 is 0.878 bits per heavy atom. The van der Waals surface area contributed by atoms with E-state index in [1.165, 1.54) is 24.4 Å². The summed E-state index contributed by atoms with van der Waals surface area (Å²) in [6.45, 7) is 0. The molecule has 0 spiro atoms. The highest BCUT2D eigenvalue weighted by Crippen LogP contribution is 2.41. The zero-order valence-corrected chi connectivity index (χ0v) is 21.8. The molecule has 0 unspecified atom stereocenters. The molecular weight excluding hydrogens is 577 g/mol. The van der Waals surface area contributed by atoms with Gasteiger partial charge in [0.2, 0.25) is 0 Å². The van der Waals surface area contributed by atoms with Gasteiger partial charge in [-0.25, -0.2) is 4.39 Å². The number of nitrogens with zero attached hydrogens (tertiary/aromatic N) is 1. The molecular formula is C29H20ClF7N2O2. The highest BCUT2D eigenvalue weighted by molar-refractivity contribution is 6.30. The fourth-order valence-electron chi connectivity index (χ4n) is 4.40. The van der Waals surface area contributed by atoms with Crippen molar-refractivity contribution in [3.8, 4) is 5.75 Å². The Bertz CT molecular complexity index is 1540. The van der Waals surface area contributed by atoms with Gasteiger partial charge in [0.05, 0.1) is 29.0 Å². The number of methoxy groups -OCH3 is 1. The molecule has 0 aliphatic heterocycles. The molecule has 0 bridgehead atoms. The predicted octanol–water partition coefficient (Wildman–Crippen LogP) is 7.84. The minimum Gasteiger partial charge on any atom is -0.496 e. The van der Waals surface area contributed by atoms with Crippen LogP contribution < -0.4 is 10.1 Å². The van der Waals surface area contributed by atoms with Crippen molar-refractivity contribution in [2.24, 2.45) is 0 Å². The number of aromatic nitrogens is 1. The fourth-order valence-corrected chi connectivity index (χ4v) is 4.51. The molecule has 12 heteroatoms. The Morgan fingerprint density at radius 3 is 2.15 bits per heavy atom. The molecule has 0 aliphatic rings. The number of rotatable bonds is 7. The first-order valence-electron chi connectivity index (χ1n) is 11.9. The molecule has 4 rings (SSSR count). The second-order valence-corrected chi connectivity index (χ2v) is 9.43. The summed E-state index contributed by atoms with van der Waals surface area (Å²) in [5, 5.41) is 2.81. The number of halogens is 8. The third-order valence-corrected chi connectivity index (χ3v) is 6.56. The van der Waals surface area contributed by atoms with Crippen molar-refractivity contribution in [1.29, 1.82) is 0 Å². The lowest BCUT2D eigenvalue weighted by Gasteiger charge is -2.36. The number of carbonyl (C=O) groups excluding carboxylic acids is 1. The molecule has 1 amide bonds. The van der Waals surface area contributed by atoms with Gasteiger partial charge in [-0.15, -0.1) is 0 Å². The molecule has 0 saturated carbocycles. The Balaban J connectivity index is 1.98.